The van der Waals surface area contributed by atoms with Gasteiger partial charge in [0.1, 0.15) is 5.82 Å². The van der Waals surface area contributed by atoms with Crippen molar-refractivity contribution in [3.8, 4) is 0 Å². The Bertz CT molecular complexity index is 434. The first-order valence-corrected chi connectivity index (χ1v) is 7.08. The fourth-order valence-corrected chi connectivity index (χ4v) is 2.14. The number of hydrogen-bond donors (Lipinski definition) is 2. The summed E-state index contributed by atoms with van der Waals surface area (Å²) in [7, 11) is 0. The van der Waals surface area contributed by atoms with Gasteiger partial charge in [0.2, 0.25) is 5.91 Å². The lowest BCUT2D eigenvalue weighted by molar-refractivity contribution is -0.121. The third kappa shape index (κ3) is 6.15. The van der Waals surface area contributed by atoms with Crippen LogP contribution in [0.4, 0.5) is 4.39 Å². The number of rotatable bonds is 7. The Balaban J connectivity index is 2.38. The third-order valence-electron chi connectivity index (χ3n) is 3.19. The van der Waals surface area contributed by atoms with E-state index in [4.69, 9.17) is 0 Å². The lowest BCUT2D eigenvalue weighted by Crippen LogP contribution is -2.33. The number of carbonyl (C=O) groups excluding carboxylic acids is 1. The van der Waals surface area contributed by atoms with Crippen LogP contribution in [0.1, 0.15) is 45.1 Å². The van der Waals surface area contributed by atoms with E-state index in [1.165, 1.54) is 12.1 Å². The number of benzene rings is 1. The Morgan fingerprint density at radius 2 is 2.05 bits per heavy atom. The molecule has 0 aliphatic rings. The van der Waals surface area contributed by atoms with Gasteiger partial charge in [0.05, 0.1) is 6.10 Å². The van der Waals surface area contributed by atoms with Gasteiger partial charge in [-0.05, 0) is 36.0 Å². The molecule has 0 bridgehead atoms. The van der Waals surface area contributed by atoms with E-state index in [0.29, 0.717) is 12.3 Å². The molecule has 4 heteroatoms. The number of aliphatic hydroxyl groups excluding tert-OH is 1. The largest absolute Gasteiger partial charge is 0.391 e. The van der Waals surface area contributed by atoms with Gasteiger partial charge in [-0.1, -0.05) is 32.9 Å². The van der Waals surface area contributed by atoms with Crippen molar-refractivity contribution >= 4 is 5.91 Å². The van der Waals surface area contributed by atoms with Crippen molar-refractivity contribution in [1.29, 1.82) is 0 Å². The standard InChI is InChI=1S/C16H24FNO2/c1-11(2)7-15(19)10-18-16(20)8-12(3)13-5-4-6-14(17)9-13/h4-6,9,11-12,15,19H,7-8,10H2,1-3H3,(H,18,20). The first kappa shape index (κ1) is 16.6. The summed E-state index contributed by atoms with van der Waals surface area (Å²) in [5.41, 5.74) is 0.808. The summed E-state index contributed by atoms with van der Waals surface area (Å²) in [4.78, 5) is 11.8. The molecule has 20 heavy (non-hydrogen) atoms. The molecule has 1 aromatic rings. The van der Waals surface area contributed by atoms with Gasteiger partial charge in [-0.25, -0.2) is 4.39 Å². The van der Waals surface area contributed by atoms with Crippen molar-refractivity contribution in [3.63, 3.8) is 0 Å². The molecule has 3 nitrogen and oxygen atoms in total. The highest BCUT2D eigenvalue weighted by Crippen LogP contribution is 2.19. The van der Waals surface area contributed by atoms with Crippen molar-refractivity contribution in [2.45, 2.75) is 45.6 Å². The molecular formula is C16H24FNO2. The number of amides is 1. The van der Waals surface area contributed by atoms with Crippen molar-refractivity contribution in [3.05, 3.63) is 35.6 Å². The zero-order valence-corrected chi connectivity index (χ0v) is 12.4. The monoisotopic (exact) mass is 281 g/mol. The maximum Gasteiger partial charge on any atom is 0.220 e. The van der Waals surface area contributed by atoms with Gasteiger partial charge in [-0.2, -0.15) is 0 Å². The maximum atomic E-state index is 13.1. The molecular weight excluding hydrogens is 257 g/mol. The Morgan fingerprint density at radius 1 is 1.35 bits per heavy atom. The molecule has 0 saturated carbocycles. The smallest absolute Gasteiger partial charge is 0.220 e. The Kier molecular flexibility index (Phi) is 6.65. The van der Waals surface area contributed by atoms with E-state index in [-0.39, 0.29) is 30.6 Å². The van der Waals surface area contributed by atoms with Gasteiger partial charge >= 0.3 is 0 Å². The summed E-state index contributed by atoms with van der Waals surface area (Å²) in [5, 5.41) is 12.4. The van der Waals surface area contributed by atoms with Crippen molar-refractivity contribution in [2.75, 3.05) is 6.54 Å². The zero-order chi connectivity index (χ0) is 15.1. The van der Waals surface area contributed by atoms with Gasteiger partial charge in [0.25, 0.3) is 0 Å². The van der Waals surface area contributed by atoms with Gasteiger partial charge in [0.15, 0.2) is 0 Å². The number of nitrogens with one attached hydrogen (secondary N) is 1. The van der Waals surface area contributed by atoms with E-state index < -0.39 is 6.10 Å². The van der Waals surface area contributed by atoms with Crippen LogP contribution in [0, 0.1) is 11.7 Å². The first-order chi connectivity index (χ1) is 9.38. The topological polar surface area (TPSA) is 49.3 Å². The molecule has 1 aromatic carbocycles. The van der Waals surface area contributed by atoms with Crippen LogP contribution in [0.15, 0.2) is 24.3 Å². The fraction of sp³-hybridized carbons (Fsp3) is 0.562. The molecule has 0 aliphatic carbocycles. The van der Waals surface area contributed by atoms with Crippen LogP contribution in [0.3, 0.4) is 0 Å². The predicted octanol–water partition coefficient (Wildman–Crippen LogP) is 2.84. The Hall–Kier alpha value is -1.42. The van der Waals surface area contributed by atoms with Crippen molar-refractivity contribution < 1.29 is 14.3 Å². The second-order valence-corrected chi connectivity index (χ2v) is 5.75. The van der Waals surface area contributed by atoms with Crippen molar-refractivity contribution in [1.82, 2.24) is 5.32 Å². The summed E-state index contributed by atoms with van der Waals surface area (Å²) in [6.45, 7) is 6.21. The highest BCUT2D eigenvalue weighted by molar-refractivity contribution is 5.76. The number of aliphatic hydroxyl groups is 1. The summed E-state index contributed by atoms with van der Waals surface area (Å²) in [5.74, 6) is -0.0623. The minimum absolute atomic E-state index is 0.0482. The second kappa shape index (κ2) is 8.00. The van der Waals surface area contributed by atoms with Crippen LogP contribution in [0.25, 0.3) is 0 Å². The van der Waals surface area contributed by atoms with Gasteiger partial charge in [0, 0.05) is 13.0 Å². The van der Waals surface area contributed by atoms with E-state index >= 15 is 0 Å². The SMILES string of the molecule is CC(C)CC(O)CNC(=O)CC(C)c1cccc(F)c1. The zero-order valence-electron chi connectivity index (χ0n) is 12.4. The number of carbonyl (C=O) groups is 1. The maximum absolute atomic E-state index is 13.1. The molecule has 1 amide bonds. The molecule has 2 N–H and O–H groups in total. The normalized spacial score (nSPS) is 14.1. The quantitative estimate of drug-likeness (QED) is 0.807. The van der Waals surface area contributed by atoms with Crippen LogP contribution < -0.4 is 5.32 Å². The highest BCUT2D eigenvalue weighted by Gasteiger charge is 2.13. The highest BCUT2D eigenvalue weighted by atomic mass is 19.1. The summed E-state index contributed by atoms with van der Waals surface area (Å²) in [6, 6.07) is 6.30. The van der Waals surface area contributed by atoms with Crippen LogP contribution in [0.5, 0.6) is 0 Å². The predicted molar refractivity (Wildman–Crippen MR) is 77.9 cm³/mol. The van der Waals surface area contributed by atoms with Crippen LogP contribution in [-0.4, -0.2) is 23.7 Å². The second-order valence-electron chi connectivity index (χ2n) is 5.75. The molecule has 2 atom stereocenters. The Morgan fingerprint density at radius 3 is 2.65 bits per heavy atom. The summed E-state index contributed by atoms with van der Waals surface area (Å²) >= 11 is 0. The minimum atomic E-state index is -0.511. The fourth-order valence-electron chi connectivity index (χ4n) is 2.14. The van der Waals surface area contributed by atoms with E-state index in [9.17, 15) is 14.3 Å². The van der Waals surface area contributed by atoms with Gasteiger partial charge in [-0.15, -0.1) is 0 Å². The molecule has 0 aliphatic heterocycles. The van der Waals surface area contributed by atoms with E-state index in [2.05, 4.69) is 5.32 Å². The van der Waals surface area contributed by atoms with Crippen molar-refractivity contribution in [2.24, 2.45) is 5.92 Å². The molecule has 0 fully saturated rings. The molecule has 0 spiro atoms. The average molecular weight is 281 g/mol. The van der Waals surface area contributed by atoms with Crippen LogP contribution in [-0.2, 0) is 4.79 Å². The molecule has 2 unspecified atom stereocenters. The minimum Gasteiger partial charge on any atom is -0.391 e. The van der Waals surface area contributed by atoms with Gasteiger partial charge < -0.3 is 10.4 Å². The first-order valence-electron chi connectivity index (χ1n) is 7.08. The Labute approximate surface area is 120 Å². The summed E-state index contributed by atoms with van der Waals surface area (Å²) in [6.07, 6.45) is 0.445. The number of halogens is 1. The van der Waals surface area contributed by atoms with Crippen LogP contribution in [0.2, 0.25) is 0 Å². The lowest BCUT2D eigenvalue weighted by Gasteiger charge is -2.16. The molecule has 0 aromatic heterocycles. The lowest BCUT2D eigenvalue weighted by atomic mass is 9.97. The van der Waals surface area contributed by atoms with Gasteiger partial charge in [-0.3, -0.25) is 4.79 Å². The number of hydrogen-bond acceptors (Lipinski definition) is 2. The van der Waals surface area contributed by atoms with E-state index in [1.54, 1.807) is 6.07 Å². The molecule has 112 valence electrons. The summed E-state index contributed by atoms with van der Waals surface area (Å²) < 4.78 is 13.1. The molecule has 0 saturated heterocycles. The molecule has 1 rings (SSSR count). The molecule has 0 radical (unpaired) electrons. The third-order valence-corrected chi connectivity index (χ3v) is 3.19. The average Bonchev–Trinajstić information content (AvgIpc) is 2.35. The van der Waals surface area contributed by atoms with Crippen LogP contribution >= 0.6 is 0 Å². The van der Waals surface area contributed by atoms with E-state index in [0.717, 1.165) is 5.56 Å². The molecule has 0 heterocycles. The van der Waals surface area contributed by atoms with E-state index in [1.807, 2.05) is 26.8 Å².